The lowest BCUT2D eigenvalue weighted by Gasteiger charge is -2.05. The van der Waals surface area contributed by atoms with Crippen molar-refractivity contribution in [1.82, 2.24) is 0 Å². The van der Waals surface area contributed by atoms with Crippen LogP contribution in [0.3, 0.4) is 0 Å². The average molecular weight is 242 g/mol. The summed E-state index contributed by atoms with van der Waals surface area (Å²) in [4.78, 5) is 0. The van der Waals surface area contributed by atoms with Gasteiger partial charge >= 0.3 is 0 Å². The van der Waals surface area contributed by atoms with Crippen molar-refractivity contribution in [3.8, 4) is 5.75 Å². The summed E-state index contributed by atoms with van der Waals surface area (Å²) in [7, 11) is 3.40. The Hall–Kier alpha value is -1.80. The van der Waals surface area contributed by atoms with E-state index in [1.807, 2.05) is 12.1 Å². The first kappa shape index (κ1) is 12.7. The first-order valence-electron chi connectivity index (χ1n) is 6.01. The van der Waals surface area contributed by atoms with E-state index in [4.69, 9.17) is 9.47 Å². The predicted octanol–water partition coefficient (Wildman–Crippen LogP) is 3.43. The largest absolute Gasteiger partial charge is 0.497 e. The second-order valence-corrected chi connectivity index (χ2v) is 4.27. The van der Waals surface area contributed by atoms with Crippen LogP contribution in [0.1, 0.15) is 16.7 Å². The van der Waals surface area contributed by atoms with Gasteiger partial charge in [0.1, 0.15) is 5.75 Å². The molecule has 2 rings (SSSR count). The van der Waals surface area contributed by atoms with E-state index in [1.54, 1.807) is 14.2 Å². The Morgan fingerprint density at radius 1 is 0.722 bits per heavy atom. The fourth-order valence-electron chi connectivity index (χ4n) is 1.90. The van der Waals surface area contributed by atoms with Crippen LogP contribution >= 0.6 is 0 Å². The fraction of sp³-hybridized carbons (Fsp3) is 0.250. The molecule has 0 spiro atoms. The molecule has 2 aromatic carbocycles. The highest BCUT2D eigenvalue weighted by Crippen LogP contribution is 2.15. The normalized spacial score (nSPS) is 10.3. The lowest BCUT2D eigenvalue weighted by Crippen LogP contribution is -1.91. The second kappa shape index (κ2) is 6.22. The molecule has 0 N–H and O–H groups in total. The summed E-state index contributed by atoms with van der Waals surface area (Å²) in [5.41, 5.74) is 3.80. The lowest BCUT2D eigenvalue weighted by atomic mass is 10.0. The molecule has 0 amide bonds. The highest BCUT2D eigenvalue weighted by molar-refractivity contribution is 5.32. The minimum absolute atomic E-state index is 0.669. The van der Waals surface area contributed by atoms with Crippen LogP contribution in [-0.4, -0.2) is 14.2 Å². The third kappa shape index (κ3) is 3.34. The minimum atomic E-state index is 0.669. The standard InChI is InChI=1S/C16H18O2/c1-17-12-15-5-3-13(4-6-15)11-14-7-9-16(18-2)10-8-14/h3-10H,11-12H2,1-2H3. The Labute approximate surface area is 108 Å². The van der Waals surface area contributed by atoms with Crippen molar-refractivity contribution in [2.75, 3.05) is 14.2 Å². The molecular formula is C16H18O2. The number of ether oxygens (including phenoxy) is 2. The van der Waals surface area contributed by atoms with E-state index in [0.717, 1.165) is 12.2 Å². The topological polar surface area (TPSA) is 18.5 Å². The van der Waals surface area contributed by atoms with E-state index in [9.17, 15) is 0 Å². The van der Waals surface area contributed by atoms with Gasteiger partial charge in [0.05, 0.1) is 13.7 Å². The van der Waals surface area contributed by atoms with Crippen LogP contribution in [0.2, 0.25) is 0 Å². The highest BCUT2D eigenvalue weighted by atomic mass is 16.5. The number of hydrogen-bond acceptors (Lipinski definition) is 2. The molecule has 0 atom stereocenters. The molecule has 0 radical (unpaired) electrons. The predicted molar refractivity (Wildman–Crippen MR) is 73.0 cm³/mol. The molecule has 0 bridgehead atoms. The summed E-state index contributed by atoms with van der Waals surface area (Å²) in [6.45, 7) is 0.669. The van der Waals surface area contributed by atoms with Gasteiger partial charge in [0, 0.05) is 7.11 Å². The van der Waals surface area contributed by atoms with Gasteiger partial charge in [-0.25, -0.2) is 0 Å². The van der Waals surface area contributed by atoms with Gasteiger partial charge in [-0.05, 0) is 35.2 Å². The van der Waals surface area contributed by atoms with E-state index >= 15 is 0 Å². The van der Waals surface area contributed by atoms with E-state index < -0.39 is 0 Å². The molecular weight excluding hydrogens is 224 g/mol. The van der Waals surface area contributed by atoms with Crippen LogP contribution in [0.15, 0.2) is 48.5 Å². The molecule has 0 saturated heterocycles. The van der Waals surface area contributed by atoms with Gasteiger partial charge in [0.2, 0.25) is 0 Å². The molecule has 2 aromatic rings. The molecule has 2 heteroatoms. The number of methoxy groups -OCH3 is 2. The summed E-state index contributed by atoms with van der Waals surface area (Å²) in [5, 5.41) is 0. The van der Waals surface area contributed by atoms with E-state index in [-0.39, 0.29) is 0 Å². The number of hydrogen-bond donors (Lipinski definition) is 0. The van der Waals surface area contributed by atoms with Crippen LogP contribution in [0.25, 0.3) is 0 Å². The maximum absolute atomic E-state index is 5.15. The van der Waals surface area contributed by atoms with E-state index in [1.165, 1.54) is 16.7 Å². The Morgan fingerprint density at radius 3 is 1.72 bits per heavy atom. The third-order valence-electron chi connectivity index (χ3n) is 2.90. The molecule has 0 aliphatic heterocycles. The smallest absolute Gasteiger partial charge is 0.118 e. The van der Waals surface area contributed by atoms with Gasteiger partial charge in [-0.15, -0.1) is 0 Å². The van der Waals surface area contributed by atoms with Crippen molar-refractivity contribution in [3.63, 3.8) is 0 Å². The van der Waals surface area contributed by atoms with Crippen molar-refractivity contribution >= 4 is 0 Å². The van der Waals surface area contributed by atoms with Gasteiger partial charge in [-0.2, -0.15) is 0 Å². The SMILES string of the molecule is COCc1ccc(Cc2ccc(OC)cc2)cc1. The lowest BCUT2D eigenvalue weighted by molar-refractivity contribution is 0.185. The molecule has 2 nitrogen and oxygen atoms in total. The molecule has 0 fully saturated rings. The second-order valence-electron chi connectivity index (χ2n) is 4.27. The average Bonchev–Trinajstić information content (AvgIpc) is 2.42. The third-order valence-corrected chi connectivity index (χ3v) is 2.90. The number of rotatable bonds is 5. The number of benzene rings is 2. The summed E-state index contributed by atoms with van der Waals surface area (Å²) in [6.07, 6.45) is 0.942. The van der Waals surface area contributed by atoms with Crippen LogP contribution in [0.4, 0.5) is 0 Å². The zero-order valence-electron chi connectivity index (χ0n) is 10.8. The molecule has 0 saturated carbocycles. The summed E-state index contributed by atoms with van der Waals surface area (Å²) in [5.74, 6) is 0.897. The quantitative estimate of drug-likeness (QED) is 0.799. The summed E-state index contributed by atoms with van der Waals surface area (Å²) >= 11 is 0. The van der Waals surface area contributed by atoms with Crippen molar-refractivity contribution in [2.24, 2.45) is 0 Å². The van der Waals surface area contributed by atoms with Crippen LogP contribution < -0.4 is 4.74 Å². The van der Waals surface area contributed by atoms with Crippen LogP contribution in [0.5, 0.6) is 5.75 Å². The molecule has 0 heterocycles. The van der Waals surface area contributed by atoms with Gasteiger partial charge in [0.15, 0.2) is 0 Å². The first-order chi connectivity index (χ1) is 8.81. The molecule has 0 aliphatic carbocycles. The van der Waals surface area contributed by atoms with Gasteiger partial charge < -0.3 is 9.47 Å². The molecule has 0 aliphatic rings. The van der Waals surface area contributed by atoms with Crippen molar-refractivity contribution in [1.29, 1.82) is 0 Å². The van der Waals surface area contributed by atoms with Crippen molar-refractivity contribution < 1.29 is 9.47 Å². The molecule has 94 valence electrons. The monoisotopic (exact) mass is 242 g/mol. The Balaban J connectivity index is 2.03. The van der Waals surface area contributed by atoms with E-state index in [0.29, 0.717) is 6.61 Å². The van der Waals surface area contributed by atoms with Gasteiger partial charge in [-0.3, -0.25) is 0 Å². The first-order valence-corrected chi connectivity index (χ1v) is 6.01. The maximum Gasteiger partial charge on any atom is 0.118 e. The fourth-order valence-corrected chi connectivity index (χ4v) is 1.90. The van der Waals surface area contributed by atoms with Gasteiger partial charge in [-0.1, -0.05) is 36.4 Å². The van der Waals surface area contributed by atoms with Crippen molar-refractivity contribution in [2.45, 2.75) is 13.0 Å². The minimum Gasteiger partial charge on any atom is -0.497 e. The summed E-state index contributed by atoms with van der Waals surface area (Å²) in [6, 6.07) is 16.7. The van der Waals surface area contributed by atoms with Crippen LogP contribution in [-0.2, 0) is 17.8 Å². The molecule has 0 unspecified atom stereocenters. The molecule has 18 heavy (non-hydrogen) atoms. The van der Waals surface area contributed by atoms with Crippen LogP contribution in [0, 0.1) is 0 Å². The summed E-state index contributed by atoms with van der Waals surface area (Å²) < 4.78 is 10.2. The Kier molecular flexibility index (Phi) is 4.37. The Bertz CT molecular complexity index is 471. The Morgan fingerprint density at radius 2 is 1.22 bits per heavy atom. The zero-order valence-corrected chi connectivity index (χ0v) is 10.8. The zero-order chi connectivity index (χ0) is 12.8. The maximum atomic E-state index is 5.15. The van der Waals surface area contributed by atoms with Gasteiger partial charge in [0.25, 0.3) is 0 Å². The van der Waals surface area contributed by atoms with Crippen molar-refractivity contribution in [3.05, 3.63) is 65.2 Å². The van der Waals surface area contributed by atoms with E-state index in [2.05, 4.69) is 36.4 Å². The highest BCUT2D eigenvalue weighted by Gasteiger charge is 1.98. The molecule has 0 aromatic heterocycles.